The Hall–Kier alpha value is -4.51. The third kappa shape index (κ3) is 15.9. The number of hydrogen-bond donors (Lipinski definition) is 0. The summed E-state index contributed by atoms with van der Waals surface area (Å²) in [5, 5.41) is 0. The standard InChI is InChI=1S/C38H48O10/c1-30(2)48-46-28-8-6-5-7-26-43-34-15-17-35(18-16-34)44-29-45-36-19-21-37(22-20-36)47-38(39)33-13-11-32(12-14-33)31(3)42-27-10-25-41-24-9-23-40-4/h11-22H,1,3,5-10,23-29H2,2,4H3. The largest absolute Gasteiger partial charge is 0.494 e. The maximum Gasteiger partial charge on any atom is 0.343 e. The van der Waals surface area contributed by atoms with Crippen molar-refractivity contribution in [2.45, 2.75) is 45.4 Å². The van der Waals surface area contributed by atoms with Gasteiger partial charge in [-0.25, -0.2) is 4.79 Å². The highest BCUT2D eigenvalue weighted by molar-refractivity contribution is 5.91. The van der Waals surface area contributed by atoms with Gasteiger partial charge >= 0.3 is 5.97 Å². The SMILES string of the molecule is C=C(C)OOCCCCCCOc1ccc(OCOc2ccc(OC(=O)c3ccc(C(=C)OCCCOCCCOC)cc3)cc2)cc1. The maximum atomic E-state index is 12.7. The highest BCUT2D eigenvalue weighted by atomic mass is 17.2. The van der Waals surface area contributed by atoms with Crippen LogP contribution in [0.5, 0.6) is 23.0 Å². The summed E-state index contributed by atoms with van der Waals surface area (Å²) < 4.78 is 38.9. The number of esters is 1. The minimum Gasteiger partial charge on any atom is -0.494 e. The van der Waals surface area contributed by atoms with Crippen molar-refractivity contribution in [1.29, 1.82) is 0 Å². The Balaban J connectivity index is 1.28. The van der Waals surface area contributed by atoms with Gasteiger partial charge in [0.2, 0.25) is 6.79 Å². The van der Waals surface area contributed by atoms with Gasteiger partial charge in [-0.15, -0.1) is 0 Å². The summed E-state index contributed by atoms with van der Waals surface area (Å²) >= 11 is 0. The van der Waals surface area contributed by atoms with Crippen LogP contribution in [0.15, 0.2) is 91.7 Å². The van der Waals surface area contributed by atoms with Crippen LogP contribution in [-0.4, -0.2) is 59.5 Å². The highest BCUT2D eigenvalue weighted by Crippen LogP contribution is 2.22. The number of carbonyl (C=O) groups is 1. The number of unbranched alkanes of at least 4 members (excludes halogenated alkanes) is 3. The second-order valence-corrected chi connectivity index (χ2v) is 10.8. The molecule has 0 aliphatic carbocycles. The number of ether oxygens (including phenoxy) is 7. The number of benzene rings is 3. The molecule has 48 heavy (non-hydrogen) atoms. The van der Waals surface area contributed by atoms with Crippen molar-refractivity contribution in [3.8, 4) is 23.0 Å². The van der Waals surface area contributed by atoms with E-state index in [0.29, 0.717) is 74.0 Å². The Morgan fingerprint density at radius 2 is 1.12 bits per heavy atom. The Morgan fingerprint density at radius 3 is 1.73 bits per heavy atom. The lowest BCUT2D eigenvalue weighted by Gasteiger charge is -2.11. The molecule has 0 heterocycles. The van der Waals surface area contributed by atoms with Crippen LogP contribution in [0.3, 0.4) is 0 Å². The van der Waals surface area contributed by atoms with Crippen molar-refractivity contribution in [3.63, 3.8) is 0 Å². The van der Waals surface area contributed by atoms with Gasteiger partial charge in [0.15, 0.2) is 0 Å². The zero-order chi connectivity index (χ0) is 34.2. The van der Waals surface area contributed by atoms with Crippen LogP contribution in [0.4, 0.5) is 0 Å². The van der Waals surface area contributed by atoms with Gasteiger partial charge in [0, 0.05) is 38.9 Å². The molecule has 0 saturated heterocycles. The predicted molar refractivity (Wildman–Crippen MR) is 183 cm³/mol. The molecule has 0 amide bonds. The molecular weight excluding hydrogens is 616 g/mol. The molecule has 0 saturated carbocycles. The van der Waals surface area contributed by atoms with Gasteiger partial charge in [-0.2, -0.15) is 4.89 Å². The van der Waals surface area contributed by atoms with E-state index < -0.39 is 5.97 Å². The van der Waals surface area contributed by atoms with Gasteiger partial charge in [0.25, 0.3) is 0 Å². The smallest absolute Gasteiger partial charge is 0.343 e. The van der Waals surface area contributed by atoms with Crippen LogP contribution in [0.1, 0.15) is 61.4 Å². The quantitative estimate of drug-likeness (QED) is 0.0159. The lowest BCUT2D eigenvalue weighted by Crippen LogP contribution is -2.09. The number of carbonyl (C=O) groups excluding carboxylic acids is 1. The Morgan fingerprint density at radius 1 is 0.583 bits per heavy atom. The van der Waals surface area contributed by atoms with Gasteiger partial charge in [-0.3, -0.25) is 0 Å². The first-order valence-corrected chi connectivity index (χ1v) is 16.2. The van der Waals surface area contributed by atoms with Crippen LogP contribution in [-0.2, 0) is 24.0 Å². The fourth-order valence-corrected chi connectivity index (χ4v) is 4.16. The van der Waals surface area contributed by atoms with E-state index in [1.54, 1.807) is 62.6 Å². The van der Waals surface area contributed by atoms with E-state index in [0.717, 1.165) is 49.8 Å². The maximum absolute atomic E-state index is 12.7. The molecule has 0 radical (unpaired) electrons. The highest BCUT2D eigenvalue weighted by Gasteiger charge is 2.10. The van der Waals surface area contributed by atoms with E-state index in [1.165, 1.54) is 0 Å². The number of allylic oxidation sites excluding steroid dienone is 1. The lowest BCUT2D eigenvalue weighted by atomic mass is 10.1. The van der Waals surface area contributed by atoms with Crippen LogP contribution in [0.2, 0.25) is 0 Å². The van der Waals surface area contributed by atoms with Crippen LogP contribution in [0.25, 0.3) is 5.76 Å². The number of hydrogen-bond acceptors (Lipinski definition) is 10. The number of rotatable bonds is 26. The minimum atomic E-state index is -0.473. The average Bonchev–Trinajstić information content (AvgIpc) is 3.10. The molecule has 0 atom stereocenters. The summed E-state index contributed by atoms with van der Waals surface area (Å²) in [5.41, 5.74) is 1.20. The van der Waals surface area contributed by atoms with Crippen LogP contribution < -0.4 is 18.9 Å². The molecule has 3 rings (SSSR count). The van der Waals surface area contributed by atoms with Gasteiger partial charge in [0.05, 0.1) is 25.4 Å². The molecule has 0 aliphatic rings. The predicted octanol–water partition coefficient (Wildman–Crippen LogP) is 8.17. The van der Waals surface area contributed by atoms with E-state index in [-0.39, 0.29) is 6.79 Å². The third-order valence-corrected chi connectivity index (χ3v) is 6.69. The van der Waals surface area contributed by atoms with Crippen molar-refractivity contribution in [3.05, 3.63) is 103 Å². The molecule has 0 unspecified atom stereocenters. The first-order chi connectivity index (χ1) is 23.4. The topological polar surface area (TPSA) is 100 Å². The van der Waals surface area contributed by atoms with E-state index in [4.69, 9.17) is 42.9 Å². The Labute approximate surface area is 284 Å². The van der Waals surface area contributed by atoms with Gasteiger partial charge in [-0.1, -0.05) is 31.7 Å². The zero-order valence-corrected chi connectivity index (χ0v) is 28.1. The second kappa shape index (κ2) is 22.9. The molecule has 0 fully saturated rings. The summed E-state index contributed by atoms with van der Waals surface area (Å²) in [7, 11) is 1.67. The summed E-state index contributed by atoms with van der Waals surface area (Å²) in [6, 6.07) is 21.1. The first kappa shape index (κ1) is 37.9. The van der Waals surface area contributed by atoms with Crippen molar-refractivity contribution in [1.82, 2.24) is 0 Å². The molecule has 3 aromatic carbocycles. The fourth-order valence-electron chi connectivity index (χ4n) is 4.16. The van der Waals surface area contributed by atoms with E-state index in [1.807, 2.05) is 24.3 Å². The molecule has 3 aromatic rings. The molecule has 0 bridgehead atoms. The summed E-state index contributed by atoms with van der Waals surface area (Å²) in [6.45, 7) is 13.0. The third-order valence-electron chi connectivity index (χ3n) is 6.69. The fraction of sp³-hybridized carbons (Fsp3) is 0.395. The van der Waals surface area contributed by atoms with Crippen LogP contribution in [0, 0.1) is 0 Å². The van der Waals surface area contributed by atoms with Crippen molar-refractivity contribution in [2.24, 2.45) is 0 Å². The van der Waals surface area contributed by atoms with Crippen molar-refractivity contribution >= 4 is 11.7 Å². The summed E-state index contributed by atoms with van der Waals surface area (Å²) in [5.74, 6) is 3.02. The van der Waals surface area contributed by atoms with Gasteiger partial charge in [0.1, 0.15) is 34.5 Å². The normalized spacial score (nSPS) is 10.6. The monoisotopic (exact) mass is 664 g/mol. The molecule has 260 valence electrons. The molecule has 10 nitrogen and oxygen atoms in total. The summed E-state index contributed by atoms with van der Waals surface area (Å²) in [4.78, 5) is 22.5. The van der Waals surface area contributed by atoms with Crippen molar-refractivity contribution < 1.29 is 47.7 Å². The van der Waals surface area contributed by atoms with Gasteiger partial charge in [-0.05, 0) is 93.3 Å². The number of methoxy groups -OCH3 is 1. The Bertz CT molecular complexity index is 1340. The Kier molecular flexibility index (Phi) is 18.1. The molecule has 0 aromatic heterocycles. The summed E-state index contributed by atoms with van der Waals surface area (Å²) in [6.07, 6.45) is 5.60. The second-order valence-electron chi connectivity index (χ2n) is 10.8. The molecular formula is C38H48O10. The molecule has 0 N–H and O–H groups in total. The minimum absolute atomic E-state index is 0.0183. The van der Waals surface area contributed by atoms with E-state index in [9.17, 15) is 4.79 Å². The molecule has 0 spiro atoms. The first-order valence-electron chi connectivity index (χ1n) is 16.2. The zero-order valence-electron chi connectivity index (χ0n) is 28.1. The van der Waals surface area contributed by atoms with Crippen molar-refractivity contribution in [2.75, 3.05) is 53.5 Å². The lowest BCUT2D eigenvalue weighted by molar-refractivity contribution is -0.261. The average molecular weight is 665 g/mol. The van der Waals surface area contributed by atoms with Crippen LogP contribution >= 0.6 is 0 Å². The van der Waals surface area contributed by atoms with E-state index in [2.05, 4.69) is 13.2 Å². The van der Waals surface area contributed by atoms with Gasteiger partial charge < -0.3 is 38.0 Å². The molecule has 0 aliphatic heterocycles. The van der Waals surface area contributed by atoms with E-state index >= 15 is 0 Å². The molecule has 10 heteroatoms.